The molecule has 0 saturated carbocycles. The second-order valence-corrected chi connectivity index (χ2v) is 5.35. The third-order valence-electron chi connectivity index (χ3n) is 3.70. The third-order valence-corrected chi connectivity index (χ3v) is 3.70. The maximum absolute atomic E-state index is 14.0. The zero-order chi connectivity index (χ0) is 17.3. The number of nitrogens with two attached hydrogens (primary N) is 1. The number of alkyl halides is 3. The van der Waals surface area contributed by atoms with Crippen molar-refractivity contribution in [3.8, 4) is 5.75 Å². The summed E-state index contributed by atoms with van der Waals surface area (Å²) in [6.07, 6.45) is -2.52. The van der Waals surface area contributed by atoms with E-state index in [1.165, 1.54) is 18.2 Å². The first-order chi connectivity index (χ1) is 11.3. The van der Waals surface area contributed by atoms with Gasteiger partial charge >= 0.3 is 6.18 Å². The molecule has 3 rings (SSSR count). The van der Waals surface area contributed by atoms with E-state index in [4.69, 9.17) is 10.5 Å². The first-order valence-electron chi connectivity index (χ1n) is 7.19. The smallest absolute Gasteiger partial charge is 0.416 e. The number of fused-ring (bicyclic) bond motifs is 1. The maximum atomic E-state index is 14.0. The first kappa shape index (κ1) is 16.2. The predicted octanol–water partition coefficient (Wildman–Crippen LogP) is 4.53. The van der Waals surface area contributed by atoms with E-state index in [1.807, 2.05) is 0 Å². The van der Waals surface area contributed by atoms with Gasteiger partial charge in [-0.05, 0) is 42.0 Å². The number of ether oxygens (including phenoxy) is 1. The van der Waals surface area contributed by atoms with Crippen molar-refractivity contribution < 1.29 is 22.3 Å². The summed E-state index contributed by atoms with van der Waals surface area (Å²) in [5.74, 6) is -0.0917. The Kier molecular flexibility index (Phi) is 4.09. The molecule has 0 atom stereocenters. The number of aromatic amines is 1. The number of nitrogen functional groups attached to an aromatic ring is 1. The molecule has 0 aliphatic rings. The highest BCUT2D eigenvalue weighted by molar-refractivity contribution is 5.91. The minimum atomic E-state index is -4.38. The Hall–Kier alpha value is -2.70. The number of hydrogen-bond donors (Lipinski definition) is 2. The number of rotatable bonds is 4. The minimum absolute atomic E-state index is 0.137. The van der Waals surface area contributed by atoms with Crippen LogP contribution >= 0.6 is 0 Å². The fourth-order valence-corrected chi connectivity index (χ4v) is 2.42. The summed E-state index contributed by atoms with van der Waals surface area (Å²) in [5, 5.41) is 0.723. The van der Waals surface area contributed by atoms with E-state index in [0.29, 0.717) is 22.5 Å². The summed E-state index contributed by atoms with van der Waals surface area (Å²) >= 11 is 0. The van der Waals surface area contributed by atoms with Crippen molar-refractivity contribution in [3.63, 3.8) is 0 Å². The molecule has 0 aliphatic heterocycles. The van der Waals surface area contributed by atoms with Gasteiger partial charge in [0.1, 0.15) is 11.6 Å². The van der Waals surface area contributed by atoms with E-state index < -0.39 is 11.7 Å². The predicted molar refractivity (Wildman–Crippen MR) is 83.3 cm³/mol. The van der Waals surface area contributed by atoms with Gasteiger partial charge in [0, 0.05) is 18.0 Å². The van der Waals surface area contributed by atoms with Gasteiger partial charge in [-0.2, -0.15) is 13.2 Å². The molecular weight excluding hydrogens is 324 g/mol. The van der Waals surface area contributed by atoms with Gasteiger partial charge in [0.05, 0.1) is 23.4 Å². The van der Waals surface area contributed by atoms with Crippen LogP contribution in [0.4, 0.5) is 23.2 Å². The third kappa shape index (κ3) is 3.29. The van der Waals surface area contributed by atoms with Crippen LogP contribution < -0.4 is 10.5 Å². The van der Waals surface area contributed by atoms with E-state index >= 15 is 0 Å². The molecule has 24 heavy (non-hydrogen) atoms. The molecule has 0 saturated heterocycles. The van der Waals surface area contributed by atoms with E-state index in [2.05, 4.69) is 4.98 Å². The number of aromatic nitrogens is 1. The molecule has 0 radical (unpaired) electrons. The minimum Gasteiger partial charge on any atom is -0.493 e. The van der Waals surface area contributed by atoms with E-state index in [-0.39, 0.29) is 18.8 Å². The highest BCUT2D eigenvalue weighted by Crippen LogP contribution is 2.30. The topological polar surface area (TPSA) is 51.0 Å². The molecule has 1 heterocycles. The molecule has 0 bridgehead atoms. The van der Waals surface area contributed by atoms with E-state index in [0.717, 1.165) is 17.5 Å². The number of nitrogens with one attached hydrogen (secondary N) is 1. The fourth-order valence-electron chi connectivity index (χ4n) is 2.42. The van der Waals surface area contributed by atoms with Gasteiger partial charge in [0.15, 0.2) is 0 Å². The molecule has 0 fully saturated rings. The van der Waals surface area contributed by atoms with Crippen molar-refractivity contribution in [3.05, 3.63) is 59.5 Å². The van der Waals surface area contributed by atoms with Gasteiger partial charge in [-0.1, -0.05) is 0 Å². The molecule has 0 spiro atoms. The number of benzene rings is 2. The Labute approximate surface area is 135 Å². The lowest BCUT2D eigenvalue weighted by Crippen LogP contribution is -2.06. The van der Waals surface area contributed by atoms with Crippen LogP contribution in [0.1, 0.15) is 11.1 Å². The van der Waals surface area contributed by atoms with Gasteiger partial charge in [0.25, 0.3) is 0 Å². The lowest BCUT2D eigenvalue weighted by atomic mass is 10.1. The molecule has 0 aliphatic carbocycles. The van der Waals surface area contributed by atoms with E-state index in [1.54, 1.807) is 12.3 Å². The fraction of sp³-hybridized carbons (Fsp3) is 0.176. The van der Waals surface area contributed by atoms with Gasteiger partial charge < -0.3 is 15.5 Å². The van der Waals surface area contributed by atoms with Crippen LogP contribution in [0.3, 0.4) is 0 Å². The average Bonchev–Trinajstić information content (AvgIpc) is 2.87. The Morgan fingerprint density at radius 1 is 1.08 bits per heavy atom. The van der Waals surface area contributed by atoms with Crippen LogP contribution in [-0.4, -0.2) is 11.6 Å². The molecule has 0 amide bonds. The van der Waals surface area contributed by atoms with Crippen LogP contribution in [-0.2, 0) is 12.6 Å². The molecule has 7 heteroatoms. The molecule has 0 unspecified atom stereocenters. The highest BCUT2D eigenvalue weighted by atomic mass is 19.4. The van der Waals surface area contributed by atoms with Crippen molar-refractivity contribution in [2.24, 2.45) is 0 Å². The maximum Gasteiger partial charge on any atom is 0.416 e. The number of H-pyrrole nitrogens is 1. The number of anilines is 1. The van der Waals surface area contributed by atoms with Crippen LogP contribution in [0, 0.1) is 5.82 Å². The van der Waals surface area contributed by atoms with Crippen molar-refractivity contribution in [2.75, 3.05) is 12.3 Å². The monoisotopic (exact) mass is 338 g/mol. The summed E-state index contributed by atoms with van der Waals surface area (Å²) < 4.78 is 56.8. The Morgan fingerprint density at radius 3 is 2.46 bits per heavy atom. The number of hydrogen-bond acceptors (Lipinski definition) is 2. The largest absolute Gasteiger partial charge is 0.493 e. The Morgan fingerprint density at radius 2 is 1.79 bits per heavy atom. The van der Waals surface area contributed by atoms with Crippen molar-refractivity contribution in [2.45, 2.75) is 12.6 Å². The molecule has 3 nitrogen and oxygen atoms in total. The molecule has 126 valence electrons. The van der Waals surface area contributed by atoms with E-state index in [9.17, 15) is 17.6 Å². The Balaban J connectivity index is 1.66. The zero-order valence-electron chi connectivity index (χ0n) is 12.5. The molecule has 3 aromatic rings. The quantitative estimate of drug-likeness (QED) is 0.687. The van der Waals surface area contributed by atoms with Crippen LogP contribution in [0.2, 0.25) is 0 Å². The van der Waals surface area contributed by atoms with Crippen LogP contribution in [0.5, 0.6) is 5.75 Å². The SMILES string of the molecule is Nc1c[nH]c2cc(F)c(CCOc3ccc(C(F)(F)F)cc3)cc12. The summed E-state index contributed by atoms with van der Waals surface area (Å²) in [6.45, 7) is 0.137. The normalized spacial score (nSPS) is 11.8. The van der Waals surface area contributed by atoms with Crippen molar-refractivity contribution in [1.29, 1.82) is 0 Å². The summed E-state index contributed by atoms with van der Waals surface area (Å²) in [7, 11) is 0. The second kappa shape index (κ2) is 6.07. The van der Waals surface area contributed by atoms with Gasteiger partial charge in [-0.15, -0.1) is 0 Å². The van der Waals surface area contributed by atoms with Gasteiger partial charge in [-0.25, -0.2) is 4.39 Å². The van der Waals surface area contributed by atoms with Gasteiger partial charge in [-0.3, -0.25) is 0 Å². The Bertz CT molecular complexity index is 853. The molecule has 2 aromatic carbocycles. The summed E-state index contributed by atoms with van der Waals surface area (Å²) in [5.41, 5.74) is 6.61. The van der Waals surface area contributed by atoms with Crippen molar-refractivity contribution >= 4 is 16.6 Å². The standard InChI is InChI=1S/C17H14F4N2O/c18-14-8-16-13(15(22)9-23-16)7-10(14)5-6-24-12-3-1-11(2-4-12)17(19,20)21/h1-4,7-9,23H,5-6,22H2. The van der Waals surface area contributed by atoms with Gasteiger partial charge in [0.2, 0.25) is 0 Å². The molecular formula is C17H14F4N2O. The number of halogens is 4. The van der Waals surface area contributed by atoms with Crippen LogP contribution in [0.15, 0.2) is 42.6 Å². The summed E-state index contributed by atoms with van der Waals surface area (Å²) in [4.78, 5) is 2.87. The summed E-state index contributed by atoms with van der Waals surface area (Å²) in [6, 6.07) is 7.38. The lowest BCUT2D eigenvalue weighted by Gasteiger charge is -2.10. The first-order valence-corrected chi connectivity index (χ1v) is 7.19. The van der Waals surface area contributed by atoms with Crippen molar-refractivity contribution in [1.82, 2.24) is 4.98 Å². The lowest BCUT2D eigenvalue weighted by molar-refractivity contribution is -0.137. The zero-order valence-corrected chi connectivity index (χ0v) is 12.5. The van der Waals surface area contributed by atoms with Crippen LogP contribution in [0.25, 0.3) is 10.9 Å². The second-order valence-electron chi connectivity index (χ2n) is 5.35. The highest BCUT2D eigenvalue weighted by Gasteiger charge is 2.29. The molecule has 3 N–H and O–H groups in total. The molecule has 1 aromatic heterocycles. The average molecular weight is 338 g/mol.